The maximum atomic E-state index is 12.3. The molecule has 1 aromatic heterocycles. The van der Waals surface area contributed by atoms with Crippen LogP contribution < -0.4 is 5.32 Å². The van der Waals surface area contributed by atoms with Crippen LogP contribution in [0.2, 0.25) is 0 Å². The van der Waals surface area contributed by atoms with Crippen molar-refractivity contribution in [3.05, 3.63) is 35.0 Å². The van der Waals surface area contributed by atoms with Crippen LogP contribution in [0.15, 0.2) is 18.2 Å². The zero-order chi connectivity index (χ0) is 15.0. The lowest BCUT2D eigenvalue weighted by molar-refractivity contribution is -0.125. The number of fused-ring (bicyclic) bond motifs is 3. The van der Waals surface area contributed by atoms with E-state index in [0.29, 0.717) is 5.92 Å². The molecule has 1 heterocycles. The van der Waals surface area contributed by atoms with Gasteiger partial charge in [0.15, 0.2) is 0 Å². The molecule has 21 heavy (non-hydrogen) atoms. The summed E-state index contributed by atoms with van der Waals surface area (Å²) in [6.07, 6.45) is 2.79. The molecule has 3 heteroatoms. The minimum atomic E-state index is 0.121. The maximum absolute atomic E-state index is 12.3. The largest absolute Gasteiger partial charge is 0.358 e. The van der Waals surface area contributed by atoms with Crippen molar-refractivity contribution in [2.75, 3.05) is 6.54 Å². The lowest BCUT2D eigenvalue weighted by Crippen LogP contribution is -2.35. The highest BCUT2D eigenvalue weighted by Crippen LogP contribution is 2.32. The average molecular weight is 284 g/mol. The summed E-state index contributed by atoms with van der Waals surface area (Å²) in [6.45, 7) is 7.15. The third-order valence-electron chi connectivity index (χ3n) is 4.40. The summed E-state index contributed by atoms with van der Waals surface area (Å²) in [7, 11) is 0. The first-order chi connectivity index (χ1) is 10.0. The standard InChI is InChI=1S/C18H24N2O/c1-11(2)10-19-18(21)13-5-7-17-15(9-13)14-8-12(3)4-6-16(14)20-17/h4,6,8,11,13,20H,5,7,9-10H2,1-3H3,(H,19,21). The molecular weight excluding hydrogens is 260 g/mol. The van der Waals surface area contributed by atoms with Crippen molar-refractivity contribution < 1.29 is 4.79 Å². The summed E-state index contributed by atoms with van der Waals surface area (Å²) in [6, 6.07) is 6.52. The van der Waals surface area contributed by atoms with Gasteiger partial charge in [0.05, 0.1) is 0 Å². The number of carbonyl (C=O) groups is 1. The Morgan fingerprint density at radius 1 is 1.43 bits per heavy atom. The minimum absolute atomic E-state index is 0.121. The summed E-state index contributed by atoms with van der Waals surface area (Å²) in [5.74, 6) is 0.843. The molecule has 0 radical (unpaired) electrons. The number of amides is 1. The Kier molecular flexibility index (Phi) is 3.75. The van der Waals surface area contributed by atoms with Gasteiger partial charge in [0.1, 0.15) is 0 Å². The number of benzene rings is 1. The number of rotatable bonds is 3. The fraction of sp³-hybridized carbons (Fsp3) is 0.500. The third kappa shape index (κ3) is 2.82. The monoisotopic (exact) mass is 284 g/mol. The van der Waals surface area contributed by atoms with Crippen LogP contribution in [0.4, 0.5) is 0 Å². The van der Waals surface area contributed by atoms with E-state index in [1.54, 1.807) is 0 Å². The van der Waals surface area contributed by atoms with Crippen LogP contribution in [0.5, 0.6) is 0 Å². The molecule has 0 bridgehead atoms. The predicted octanol–water partition coefficient (Wildman–Crippen LogP) is 3.35. The lowest BCUT2D eigenvalue weighted by atomic mass is 9.85. The Labute approximate surface area is 126 Å². The number of aromatic amines is 1. The van der Waals surface area contributed by atoms with Crippen LogP contribution in [-0.2, 0) is 17.6 Å². The first-order valence-electron chi connectivity index (χ1n) is 7.92. The topological polar surface area (TPSA) is 44.9 Å². The fourth-order valence-electron chi connectivity index (χ4n) is 3.20. The van der Waals surface area contributed by atoms with Gasteiger partial charge in [-0.05, 0) is 49.8 Å². The second-order valence-electron chi connectivity index (χ2n) is 6.71. The zero-order valence-electron chi connectivity index (χ0n) is 13.1. The van der Waals surface area contributed by atoms with Crippen molar-refractivity contribution in [3.63, 3.8) is 0 Å². The minimum Gasteiger partial charge on any atom is -0.358 e. The number of nitrogens with one attached hydrogen (secondary N) is 2. The molecule has 1 atom stereocenters. The van der Waals surface area contributed by atoms with Gasteiger partial charge in [-0.3, -0.25) is 4.79 Å². The van der Waals surface area contributed by atoms with E-state index in [-0.39, 0.29) is 11.8 Å². The molecule has 3 nitrogen and oxygen atoms in total. The Morgan fingerprint density at radius 3 is 3.00 bits per heavy atom. The molecule has 0 aliphatic heterocycles. The zero-order valence-corrected chi connectivity index (χ0v) is 13.1. The van der Waals surface area contributed by atoms with Crippen LogP contribution in [-0.4, -0.2) is 17.4 Å². The first kappa shape index (κ1) is 14.2. The van der Waals surface area contributed by atoms with Gasteiger partial charge in [0.2, 0.25) is 5.91 Å². The molecule has 0 spiro atoms. The quantitative estimate of drug-likeness (QED) is 0.892. The van der Waals surface area contributed by atoms with Crippen molar-refractivity contribution in [2.45, 2.75) is 40.0 Å². The SMILES string of the molecule is Cc1ccc2[nH]c3c(c2c1)CC(C(=O)NCC(C)C)CC3. The van der Waals surface area contributed by atoms with Crippen molar-refractivity contribution >= 4 is 16.8 Å². The Balaban J connectivity index is 1.82. The molecule has 0 fully saturated rings. The van der Waals surface area contributed by atoms with Gasteiger partial charge < -0.3 is 10.3 Å². The summed E-state index contributed by atoms with van der Waals surface area (Å²) in [4.78, 5) is 15.8. The van der Waals surface area contributed by atoms with Crippen LogP contribution in [0.1, 0.15) is 37.1 Å². The van der Waals surface area contributed by atoms with Crippen LogP contribution >= 0.6 is 0 Å². The van der Waals surface area contributed by atoms with Gasteiger partial charge >= 0.3 is 0 Å². The van der Waals surface area contributed by atoms with E-state index >= 15 is 0 Å². The highest BCUT2D eigenvalue weighted by atomic mass is 16.1. The van der Waals surface area contributed by atoms with Crippen LogP contribution in [0.3, 0.4) is 0 Å². The second kappa shape index (κ2) is 5.55. The van der Waals surface area contributed by atoms with Gasteiger partial charge in [-0.15, -0.1) is 0 Å². The maximum Gasteiger partial charge on any atom is 0.223 e. The number of carbonyl (C=O) groups excluding carboxylic acids is 1. The number of hydrogen-bond donors (Lipinski definition) is 2. The Morgan fingerprint density at radius 2 is 2.24 bits per heavy atom. The van der Waals surface area contributed by atoms with Crippen molar-refractivity contribution in [3.8, 4) is 0 Å². The Hall–Kier alpha value is -1.77. The van der Waals surface area contributed by atoms with Gasteiger partial charge in [-0.25, -0.2) is 0 Å². The smallest absolute Gasteiger partial charge is 0.223 e. The van der Waals surface area contributed by atoms with E-state index in [1.807, 2.05) is 0 Å². The van der Waals surface area contributed by atoms with Gasteiger partial charge in [-0.1, -0.05) is 25.5 Å². The normalized spacial score (nSPS) is 18.0. The molecule has 1 aliphatic carbocycles. The van der Waals surface area contributed by atoms with E-state index < -0.39 is 0 Å². The first-order valence-corrected chi connectivity index (χ1v) is 7.92. The van der Waals surface area contributed by atoms with Gasteiger partial charge in [0, 0.05) is 29.1 Å². The number of H-pyrrole nitrogens is 1. The molecular formula is C18H24N2O. The van der Waals surface area contributed by atoms with E-state index in [0.717, 1.165) is 25.8 Å². The molecule has 2 aromatic rings. The van der Waals surface area contributed by atoms with E-state index in [1.165, 1.54) is 27.7 Å². The second-order valence-corrected chi connectivity index (χ2v) is 6.71. The highest BCUT2D eigenvalue weighted by Gasteiger charge is 2.27. The molecule has 3 rings (SSSR count). The fourth-order valence-corrected chi connectivity index (χ4v) is 3.20. The van der Waals surface area contributed by atoms with Crippen molar-refractivity contribution in [1.82, 2.24) is 10.3 Å². The molecule has 0 saturated heterocycles. The number of aryl methyl sites for hydroxylation is 2. The molecule has 2 N–H and O–H groups in total. The number of hydrogen-bond acceptors (Lipinski definition) is 1. The molecule has 1 aliphatic rings. The van der Waals surface area contributed by atoms with Gasteiger partial charge in [-0.2, -0.15) is 0 Å². The average Bonchev–Trinajstić information content (AvgIpc) is 2.81. The summed E-state index contributed by atoms with van der Waals surface area (Å²) < 4.78 is 0. The lowest BCUT2D eigenvalue weighted by Gasteiger charge is -2.22. The van der Waals surface area contributed by atoms with E-state index in [2.05, 4.69) is 49.3 Å². The van der Waals surface area contributed by atoms with Crippen LogP contribution in [0.25, 0.3) is 10.9 Å². The van der Waals surface area contributed by atoms with Crippen molar-refractivity contribution in [2.24, 2.45) is 11.8 Å². The van der Waals surface area contributed by atoms with Gasteiger partial charge in [0.25, 0.3) is 0 Å². The predicted molar refractivity (Wildman–Crippen MR) is 86.4 cm³/mol. The van der Waals surface area contributed by atoms with Crippen LogP contribution in [0, 0.1) is 18.8 Å². The Bertz CT molecular complexity index is 669. The third-order valence-corrected chi connectivity index (χ3v) is 4.40. The summed E-state index contributed by atoms with van der Waals surface area (Å²) >= 11 is 0. The van der Waals surface area contributed by atoms with E-state index in [9.17, 15) is 4.79 Å². The molecule has 112 valence electrons. The highest BCUT2D eigenvalue weighted by molar-refractivity contribution is 5.87. The molecule has 0 saturated carbocycles. The van der Waals surface area contributed by atoms with E-state index in [4.69, 9.17) is 0 Å². The summed E-state index contributed by atoms with van der Waals surface area (Å²) in [5, 5.41) is 4.38. The summed E-state index contributed by atoms with van der Waals surface area (Å²) in [5.41, 5.74) is 5.15. The number of aromatic nitrogens is 1. The molecule has 1 amide bonds. The molecule has 1 aromatic carbocycles. The van der Waals surface area contributed by atoms with Crippen molar-refractivity contribution in [1.29, 1.82) is 0 Å². The molecule has 1 unspecified atom stereocenters.